The molecule has 7 heteroatoms. The Kier molecular flexibility index (Phi) is 5.46. The number of aromatic carboxylic acids is 1. The summed E-state index contributed by atoms with van der Waals surface area (Å²) in [5, 5.41) is 9.48. The van der Waals surface area contributed by atoms with Gasteiger partial charge in [-0.3, -0.25) is 4.79 Å². The van der Waals surface area contributed by atoms with Gasteiger partial charge >= 0.3 is 5.97 Å². The van der Waals surface area contributed by atoms with Crippen LogP contribution in [0.4, 0.5) is 0 Å². The van der Waals surface area contributed by atoms with Gasteiger partial charge in [-0.2, -0.15) is 0 Å². The Bertz CT molecular complexity index is 725. The molecule has 0 bridgehead atoms. The first-order valence-electron chi connectivity index (χ1n) is 6.29. The molecule has 2 aromatic heterocycles. The van der Waals surface area contributed by atoms with Crippen LogP contribution < -0.4 is 5.43 Å². The smallest absolute Gasteiger partial charge is 0.341 e. The lowest BCUT2D eigenvalue weighted by molar-refractivity contribution is 0.0695. The first-order chi connectivity index (χ1) is 9.40. The summed E-state index contributed by atoms with van der Waals surface area (Å²) in [4.78, 5) is 29.7. The Labute approximate surface area is 128 Å². The molecule has 0 radical (unpaired) electrons. The molecule has 0 atom stereocenters. The second kappa shape index (κ2) is 6.69. The molecule has 2 aromatic rings. The SMILES string of the molecule is Cc1ccc2c(=O)c(C(=O)O)cn(CCN(C)C)c2n1.Cl. The Morgan fingerprint density at radius 3 is 2.62 bits per heavy atom. The molecule has 114 valence electrons. The van der Waals surface area contributed by atoms with Gasteiger partial charge in [0.05, 0.1) is 5.39 Å². The molecule has 2 heterocycles. The zero-order chi connectivity index (χ0) is 14.9. The van der Waals surface area contributed by atoms with Crippen molar-refractivity contribution in [2.45, 2.75) is 13.5 Å². The fourth-order valence-electron chi connectivity index (χ4n) is 1.99. The number of carboxylic acids is 1. The molecule has 0 saturated carbocycles. The Morgan fingerprint density at radius 2 is 2.05 bits per heavy atom. The fraction of sp³-hybridized carbons (Fsp3) is 0.357. The second-order valence-electron chi connectivity index (χ2n) is 5.00. The molecule has 0 saturated heterocycles. The monoisotopic (exact) mass is 311 g/mol. The molecule has 1 N–H and O–H groups in total. The summed E-state index contributed by atoms with van der Waals surface area (Å²) in [6.07, 6.45) is 1.38. The molecule has 0 aliphatic rings. The van der Waals surface area contributed by atoms with Gasteiger partial charge in [0, 0.05) is 25.0 Å². The standard InChI is InChI=1S/C14H17N3O3.ClH/c1-9-4-5-10-12(18)11(14(19)20)8-17(13(10)15-9)7-6-16(2)3;/h4-5,8H,6-7H2,1-3H3,(H,19,20);1H. The number of pyridine rings is 2. The molecule has 0 spiro atoms. The van der Waals surface area contributed by atoms with E-state index in [0.29, 0.717) is 17.6 Å². The van der Waals surface area contributed by atoms with Gasteiger partial charge in [0.15, 0.2) is 0 Å². The highest BCUT2D eigenvalue weighted by Crippen LogP contribution is 2.11. The number of aromatic nitrogens is 2. The zero-order valence-electron chi connectivity index (χ0n) is 12.2. The molecule has 0 aromatic carbocycles. The molecule has 0 aliphatic heterocycles. The normalized spacial score (nSPS) is 10.7. The van der Waals surface area contributed by atoms with E-state index in [0.717, 1.165) is 12.2 Å². The molecular formula is C14H18ClN3O3. The van der Waals surface area contributed by atoms with Crippen molar-refractivity contribution in [3.05, 3.63) is 39.8 Å². The van der Waals surface area contributed by atoms with Crippen LogP contribution in [0.15, 0.2) is 23.1 Å². The summed E-state index contributed by atoms with van der Waals surface area (Å²) in [7, 11) is 3.86. The third-order valence-corrected chi connectivity index (χ3v) is 3.08. The molecule has 0 aliphatic carbocycles. The van der Waals surface area contributed by atoms with Crippen molar-refractivity contribution in [2.75, 3.05) is 20.6 Å². The molecule has 0 unspecified atom stereocenters. The van der Waals surface area contributed by atoms with E-state index in [1.165, 1.54) is 6.20 Å². The summed E-state index contributed by atoms with van der Waals surface area (Å²) in [5.74, 6) is -1.21. The first kappa shape index (κ1) is 17.1. The molecule has 2 rings (SSSR count). The lowest BCUT2D eigenvalue weighted by atomic mass is 10.2. The fourth-order valence-corrected chi connectivity index (χ4v) is 1.99. The van der Waals surface area contributed by atoms with Crippen LogP contribution >= 0.6 is 12.4 Å². The van der Waals surface area contributed by atoms with Gasteiger partial charge < -0.3 is 14.6 Å². The van der Waals surface area contributed by atoms with Gasteiger partial charge in [0.25, 0.3) is 0 Å². The summed E-state index contributed by atoms with van der Waals surface area (Å²) < 4.78 is 1.73. The number of carboxylic acid groups (broad SMARTS) is 1. The van der Waals surface area contributed by atoms with Crippen LogP contribution in [-0.4, -0.2) is 46.2 Å². The van der Waals surface area contributed by atoms with Crippen molar-refractivity contribution in [2.24, 2.45) is 0 Å². The lowest BCUT2D eigenvalue weighted by Crippen LogP contribution is -2.23. The first-order valence-corrected chi connectivity index (χ1v) is 6.29. The topological polar surface area (TPSA) is 75.4 Å². The van der Waals surface area contributed by atoms with E-state index in [2.05, 4.69) is 4.98 Å². The average molecular weight is 312 g/mol. The minimum absolute atomic E-state index is 0. The van der Waals surface area contributed by atoms with E-state index in [9.17, 15) is 9.59 Å². The number of carbonyl (C=O) groups is 1. The van der Waals surface area contributed by atoms with E-state index >= 15 is 0 Å². The van der Waals surface area contributed by atoms with E-state index in [4.69, 9.17) is 5.11 Å². The molecule has 0 fully saturated rings. The number of nitrogens with zero attached hydrogens (tertiary/aromatic N) is 3. The largest absolute Gasteiger partial charge is 0.477 e. The number of fused-ring (bicyclic) bond motifs is 1. The van der Waals surface area contributed by atoms with Crippen molar-refractivity contribution < 1.29 is 9.90 Å². The number of halogens is 1. The van der Waals surface area contributed by atoms with Gasteiger partial charge in [0.1, 0.15) is 11.2 Å². The summed E-state index contributed by atoms with van der Waals surface area (Å²) >= 11 is 0. The Hall–Kier alpha value is -1.92. The zero-order valence-corrected chi connectivity index (χ0v) is 13.0. The lowest BCUT2D eigenvalue weighted by Gasteiger charge is -2.14. The number of hydrogen-bond donors (Lipinski definition) is 1. The van der Waals surface area contributed by atoms with Crippen molar-refractivity contribution in [1.29, 1.82) is 0 Å². The van der Waals surface area contributed by atoms with Crippen molar-refractivity contribution >= 4 is 29.4 Å². The number of aryl methyl sites for hydroxylation is 1. The Balaban J connectivity index is 0.00000220. The minimum atomic E-state index is -1.21. The highest BCUT2D eigenvalue weighted by molar-refractivity contribution is 5.91. The third kappa shape index (κ3) is 3.59. The van der Waals surface area contributed by atoms with Crippen molar-refractivity contribution in [3.63, 3.8) is 0 Å². The van der Waals surface area contributed by atoms with Crippen LogP contribution in [0.2, 0.25) is 0 Å². The summed E-state index contributed by atoms with van der Waals surface area (Å²) in [6, 6.07) is 3.35. The molecule has 0 amide bonds. The van der Waals surface area contributed by atoms with E-state index in [1.54, 1.807) is 16.7 Å². The molecule has 6 nitrogen and oxygen atoms in total. The van der Waals surface area contributed by atoms with Crippen LogP contribution in [-0.2, 0) is 6.54 Å². The second-order valence-corrected chi connectivity index (χ2v) is 5.00. The van der Waals surface area contributed by atoms with Gasteiger partial charge in [-0.05, 0) is 33.2 Å². The maximum atomic E-state index is 12.1. The average Bonchev–Trinajstić information content (AvgIpc) is 2.37. The maximum absolute atomic E-state index is 12.1. The predicted octanol–water partition coefficient (Wildman–Crippen LogP) is 1.39. The van der Waals surface area contributed by atoms with Gasteiger partial charge in [-0.25, -0.2) is 9.78 Å². The quantitative estimate of drug-likeness (QED) is 0.923. The minimum Gasteiger partial charge on any atom is -0.477 e. The van der Waals surface area contributed by atoms with Crippen molar-refractivity contribution in [3.8, 4) is 0 Å². The van der Waals surface area contributed by atoms with Crippen LogP contribution in [0.3, 0.4) is 0 Å². The van der Waals surface area contributed by atoms with Crippen LogP contribution in [0.25, 0.3) is 11.0 Å². The third-order valence-electron chi connectivity index (χ3n) is 3.08. The maximum Gasteiger partial charge on any atom is 0.341 e. The van der Waals surface area contributed by atoms with Crippen molar-refractivity contribution in [1.82, 2.24) is 14.5 Å². The van der Waals surface area contributed by atoms with Gasteiger partial charge in [-0.1, -0.05) is 0 Å². The van der Waals surface area contributed by atoms with E-state index in [1.807, 2.05) is 25.9 Å². The highest BCUT2D eigenvalue weighted by atomic mass is 35.5. The molecule has 21 heavy (non-hydrogen) atoms. The summed E-state index contributed by atoms with van der Waals surface area (Å²) in [6.45, 7) is 3.14. The van der Waals surface area contributed by atoms with Gasteiger partial charge in [-0.15, -0.1) is 12.4 Å². The highest BCUT2D eigenvalue weighted by Gasteiger charge is 2.15. The Morgan fingerprint density at radius 1 is 1.38 bits per heavy atom. The molecular weight excluding hydrogens is 294 g/mol. The van der Waals surface area contributed by atoms with Crippen LogP contribution in [0.1, 0.15) is 16.1 Å². The number of hydrogen-bond acceptors (Lipinski definition) is 4. The number of rotatable bonds is 4. The predicted molar refractivity (Wildman–Crippen MR) is 83.5 cm³/mol. The summed E-state index contributed by atoms with van der Waals surface area (Å²) in [5.41, 5.74) is 0.614. The van der Waals surface area contributed by atoms with E-state index in [-0.39, 0.29) is 18.0 Å². The van der Waals surface area contributed by atoms with Crippen LogP contribution in [0, 0.1) is 6.92 Å². The van der Waals surface area contributed by atoms with Crippen LogP contribution in [0.5, 0.6) is 0 Å². The van der Waals surface area contributed by atoms with E-state index < -0.39 is 11.4 Å². The number of likely N-dealkylation sites (N-methyl/N-ethyl adjacent to an activating group) is 1. The van der Waals surface area contributed by atoms with Gasteiger partial charge in [0.2, 0.25) is 5.43 Å².